The Balaban J connectivity index is 1.87. The van der Waals surface area contributed by atoms with E-state index in [4.69, 9.17) is 4.74 Å². The van der Waals surface area contributed by atoms with Crippen molar-refractivity contribution in [2.24, 2.45) is 0 Å². The fraction of sp³-hybridized carbons (Fsp3) is 0.278. The third kappa shape index (κ3) is 3.32. The third-order valence-electron chi connectivity index (χ3n) is 4.28. The molecule has 0 fully saturated rings. The molecular weight excluding hydrogens is 340 g/mol. The van der Waals surface area contributed by atoms with E-state index in [2.05, 4.69) is 4.72 Å². The van der Waals surface area contributed by atoms with Crippen LogP contribution in [-0.2, 0) is 21.2 Å². The average molecular weight is 360 g/mol. The number of ether oxygens (including phenoxy) is 1. The van der Waals surface area contributed by atoms with Crippen LogP contribution in [0.3, 0.4) is 0 Å². The van der Waals surface area contributed by atoms with Crippen LogP contribution in [0.4, 0.5) is 11.4 Å². The molecule has 0 radical (unpaired) electrons. The molecule has 0 aromatic heterocycles. The molecule has 1 amide bonds. The molecule has 6 nitrogen and oxygen atoms in total. The fourth-order valence-corrected chi connectivity index (χ4v) is 4.16. The molecule has 2 aromatic rings. The molecule has 132 valence electrons. The Kier molecular flexibility index (Phi) is 4.43. The van der Waals surface area contributed by atoms with Gasteiger partial charge >= 0.3 is 0 Å². The van der Waals surface area contributed by atoms with Crippen LogP contribution in [0.25, 0.3) is 0 Å². The van der Waals surface area contributed by atoms with Crippen LogP contribution in [0.15, 0.2) is 41.3 Å². The Bertz CT molecular complexity index is 938. The standard InChI is InChI=1S/C18H20N2O4S/c1-12-10-16(5-7-18(12)24-3)25(22,23)19-15-4-6-17-14(11-15)8-9-20(17)13(2)21/h4-7,10-11,19H,8-9H2,1-3H3. The number of hydrogen-bond acceptors (Lipinski definition) is 4. The van der Waals surface area contributed by atoms with Gasteiger partial charge in [-0.2, -0.15) is 0 Å². The van der Waals surface area contributed by atoms with E-state index >= 15 is 0 Å². The maximum atomic E-state index is 12.6. The van der Waals surface area contributed by atoms with Crippen LogP contribution in [0.5, 0.6) is 5.75 Å². The summed E-state index contributed by atoms with van der Waals surface area (Å²) < 4.78 is 33.0. The molecule has 0 bridgehead atoms. The largest absolute Gasteiger partial charge is 0.496 e. The minimum Gasteiger partial charge on any atom is -0.496 e. The second kappa shape index (κ2) is 6.40. The molecule has 3 rings (SSSR count). The number of nitrogens with one attached hydrogen (secondary N) is 1. The summed E-state index contributed by atoms with van der Waals surface area (Å²) in [6.07, 6.45) is 0.714. The Morgan fingerprint density at radius 1 is 1.20 bits per heavy atom. The van der Waals surface area contributed by atoms with Crippen molar-refractivity contribution in [3.8, 4) is 5.75 Å². The minimum atomic E-state index is -3.69. The molecule has 1 heterocycles. The summed E-state index contributed by atoms with van der Waals surface area (Å²) in [7, 11) is -2.15. The summed E-state index contributed by atoms with van der Waals surface area (Å²) in [5, 5.41) is 0. The highest BCUT2D eigenvalue weighted by Crippen LogP contribution is 2.31. The molecule has 0 atom stereocenters. The van der Waals surface area contributed by atoms with Crippen LogP contribution in [0.2, 0.25) is 0 Å². The quantitative estimate of drug-likeness (QED) is 0.910. The predicted octanol–water partition coefficient (Wildman–Crippen LogP) is 2.71. The number of rotatable bonds is 4. The first-order valence-corrected chi connectivity index (χ1v) is 9.38. The number of hydrogen-bond donors (Lipinski definition) is 1. The molecule has 0 spiro atoms. The highest BCUT2D eigenvalue weighted by molar-refractivity contribution is 7.92. The molecule has 1 N–H and O–H groups in total. The van der Waals surface area contributed by atoms with Gasteiger partial charge < -0.3 is 9.64 Å². The Hall–Kier alpha value is -2.54. The molecule has 7 heteroatoms. The Morgan fingerprint density at radius 2 is 1.96 bits per heavy atom. The molecule has 1 aliphatic heterocycles. The number of sulfonamides is 1. The number of anilines is 2. The average Bonchev–Trinajstić information content (AvgIpc) is 2.97. The van der Waals surface area contributed by atoms with Crippen molar-refractivity contribution in [1.29, 1.82) is 0 Å². The molecule has 0 saturated heterocycles. The van der Waals surface area contributed by atoms with E-state index in [-0.39, 0.29) is 10.8 Å². The second-order valence-corrected chi connectivity index (χ2v) is 7.68. The van der Waals surface area contributed by atoms with Gasteiger partial charge in [-0.15, -0.1) is 0 Å². The molecule has 0 unspecified atom stereocenters. The van der Waals surface area contributed by atoms with Crippen LogP contribution in [0.1, 0.15) is 18.1 Å². The van der Waals surface area contributed by atoms with Gasteiger partial charge in [-0.05, 0) is 60.9 Å². The van der Waals surface area contributed by atoms with E-state index in [1.54, 1.807) is 49.3 Å². The monoisotopic (exact) mass is 360 g/mol. The summed E-state index contributed by atoms with van der Waals surface area (Å²) >= 11 is 0. The van der Waals surface area contributed by atoms with Crippen molar-refractivity contribution in [2.45, 2.75) is 25.2 Å². The van der Waals surface area contributed by atoms with Crippen molar-refractivity contribution in [3.05, 3.63) is 47.5 Å². The summed E-state index contributed by atoms with van der Waals surface area (Å²) in [6.45, 7) is 3.94. The van der Waals surface area contributed by atoms with Crippen molar-refractivity contribution in [3.63, 3.8) is 0 Å². The van der Waals surface area contributed by atoms with Crippen molar-refractivity contribution >= 4 is 27.3 Å². The lowest BCUT2D eigenvalue weighted by Crippen LogP contribution is -2.25. The maximum Gasteiger partial charge on any atom is 0.261 e. The molecule has 25 heavy (non-hydrogen) atoms. The number of nitrogens with zero attached hydrogens (tertiary/aromatic N) is 1. The Morgan fingerprint density at radius 3 is 2.60 bits per heavy atom. The summed E-state index contributed by atoms with van der Waals surface area (Å²) in [4.78, 5) is 13.5. The van der Waals surface area contributed by atoms with E-state index in [0.717, 1.165) is 16.8 Å². The van der Waals surface area contributed by atoms with Gasteiger partial charge in [0.2, 0.25) is 5.91 Å². The lowest BCUT2D eigenvalue weighted by molar-refractivity contribution is -0.116. The minimum absolute atomic E-state index is 0.0132. The van der Waals surface area contributed by atoms with Crippen molar-refractivity contribution in [2.75, 3.05) is 23.3 Å². The molecule has 0 saturated carbocycles. The van der Waals surface area contributed by atoms with Gasteiger partial charge in [0, 0.05) is 24.8 Å². The zero-order valence-electron chi connectivity index (χ0n) is 14.4. The Labute approximate surface area is 147 Å². The normalized spacial score (nSPS) is 13.5. The number of methoxy groups -OCH3 is 1. The van der Waals surface area contributed by atoms with E-state index in [1.807, 2.05) is 0 Å². The first kappa shape index (κ1) is 17.3. The van der Waals surface area contributed by atoms with Gasteiger partial charge in [-0.25, -0.2) is 8.42 Å². The summed E-state index contributed by atoms with van der Waals surface area (Å²) in [6, 6.07) is 9.96. The van der Waals surface area contributed by atoms with E-state index in [9.17, 15) is 13.2 Å². The molecule has 1 aliphatic rings. The predicted molar refractivity (Wildman–Crippen MR) is 96.7 cm³/mol. The zero-order chi connectivity index (χ0) is 18.2. The molecule has 0 aliphatic carbocycles. The van der Waals surface area contributed by atoms with Crippen molar-refractivity contribution < 1.29 is 17.9 Å². The maximum absolute atomic E-state index is 12.6. The highest BCUT2D eigenvalue weighted by Gasteiger charge is 2.23. The number of carbonyl (C=O) groups is 1. The summed E-state index contributed by atoms with van der Waals surface area (Å²) in [5.41, 5.74) is 3.03. The third-order valence-corrected chi connectivity index (χ3v) is 5.66. The SMILES string of the molecule is COc1ccc(S(=O)(=O)Nc2ccc3c(c2)CCN3C(C)=O)cc1C. The lowest BCUT2D eigenvalue weighted by atomic mass is 10.1. The van der Waals surface area contributed by atoms with E-state index < -0.39 is 10.0 Å². The molecule has 2 aromatic carbocycles. The number of benzene rings is 2. The first-order chi connectivity index (χ1) is 11.8. The van der Waals surface area contributed by atoms with Crippen LogP contribution >= 0.6 is 0 Å². The second-order valence-electron chi connectivity index (χ2n) is 6.00. The van der Waals surface area contributed by atoms with Crippen LogP contribution < -0.4 is 14.4 Å². The number of aryl methyl sites for hydroxylation is 1. The number of carbonyl (C=O) groups excluding carboxylic acids is 1. The van der Waals surface area contributed by atoms with Gasteiger partial charge in [0.1, 0.15) is 5.75 Å². The first-order valence-electron chi connectivity index (χ1n) is 7.90. The van der Waals surface area contributed by atoms with E-state index in [0.29, 0.717) is 24.4 Å². The van der Waals surface area contributed by atoms with Gasteiger partial charge in [-0.1, -0.05) is 0 Å². The van der Waals surface area contributed by atoms with Gasteiger partial charge in [-0.3, -0.25) is 9.52 Å². The van der Waals surface area contributed by atoms with Crippen LogP contribution in [0, 0.1) is 6.92 Å². The number of amides is 1. The van der Waals surface area contributed by atoms with Gasteiger partial charge in [0.05, 0.1) is 12.0 Å². The lowest BCUT2D eigenvalue weighted by Gasteiger charge is -2.15. The summed E-state index contributed by atoms with van der Waals surface area (Å²) in [5.74, 6) is 0.626. The molecular formula is C18H20N2O4S. The number of fused-ring (bicyclic) bond motifs is 1. The zero-order valence-corrected chi connectivity index (χ0v) is 15.2. The van der Waals surface area contributed by atoms with Gasteiger partial charge in [0.15, 0.2) is 0 Å². The smallest absolute Gasteiger partial charge is 0.261 e. The fourth-order valence-electron chi connectivity index (χ4n) is 3.02. The van der Waals surface area contributed by atoms with E-state index in [1.165, 1.54) is 13.0 Å². The highest BCUT2D eigenvalue weighted by atomic mass is 32.2. The van der Waals surface area contributed by atoms with Crippen molar-refractivity contribution in [1.82, 2.24) is 0 Å². The van der Waals surface area contributed by atoms with Crippen LogP contribution in [-0.4, -0.2) is 28.0 Å². The van der Waals surface area contributed by atoms with Gasteiger partial charge in [0.25, 0.3) is 10.0 Å². The topological polar surface area (TPSA) is 75.7 Å².